The number of nitrogens with zero attached hydrogens (tertiary/aromatic N) is 3. The molecule has 1 aliphatic rings. The molecule has 2 heterocycles. The van der Waals surface area contributed by atoms with Crippen LogP contribution in [0.25, 0.3) is 0 Å². The molecule has 0 spiro atoms. The maximum atomic E-state index is 12.0. The number of hydrogen-bond donors (Lipinski definition) is 2. The lowest BCUT2D eigenvalue weighted by Crippen LogP contribution is -2.51. The number of aromatic nitrogens is 2. The largest absolute Gasteiger partial charge is 0.314 e. The molecule has 1 saturated heterocycles. The van der Waals surface area contributed by atoms with Crippen molar-refractivity contribution in [3.8, 4) is 0 Å². The molecule has 0 aromatic carbocycles. The van der Waals surface area contributed by atoms with E-state index in [1.165, 1.54) is 11.5 Å². The Morgan fingerprint density at radius 1 is 1.65 bits per heavy atom. The van der Waals surface area contributed by atoms with Crippen LogP contribution in [0.2, 0.25) is 0 Å². The fourth-order valence-corrected chi connectivity index (χ4v) is 3.39. The van der Waals surface area contributed by atoms with E-state index in [4.69, 9.17) is 0 Å². The highest BCUT2D eigenvalue weighted by atomic mass is 32.2. The van der Waals surface area contributed by atoms with Crippen molar-refractivity contribution < 1.29 is 4.79 Å². The first-order chi connectivity index (χ1) is 9.69. The smallest absolute Gasteiger partial charge is 0.240 e. The fraction of sp³-hybridized carbons (Fsp3) is 0.750. The van der Waals surface area contributed by atoms with Crippen LogP contribution in [0.5, 0.6) is 0 Å². The Morgan fingerprint density at radius 3 is 3.25 bits per heavy atom. The highest BCUT2D eigenvalue weighted by Crippen LogP contribution is 2.20. The summed E-state index contributed by atoms with van der Waals surface area (Å²) in [5.41, 5.74) is 0. The lowest BCUT2D eigenvalue weighted by molar-refractivity contribution is -0.118. The molecule has 1 aromatic heterocycles. The second kappa shape index (κ2) is 7.92. The van der Waals surface area contributed by atoms with Crippen molar-refractivity contribution in [3.63, 3.8) is 0 Å². The molecular weight excluding hydrogens is 294 g/mol. The van der Waals surface area contributed by atoms with Crippen molar-refractivity contribution >= 4 is 34.3 Å². The maximum absolute atomic E-state index is 12.0. The number of carbonyl (C=O) groups is 1. The lowest BCUT2D eigenvalue weighted by Gasteiger charge is -2.33. The summed E-state index contributed by atoms with van der Waals surface area (Å²) >= 11 is 2.87. The van der Waals surface area contributed by atoms with E-state index in [1.54, 1.807) is 11.8 Å². The summed E-state index contributed by atoms with van der Waals surface area (Å²) in [6.45, 7) is 7.45. The monoisotopic (exact) mass is 315 g/mol. The number of amides is 1. The maximum Gasteiger partial charge on any atom is 0.240 e. The van der Waals surface area contributed by atoms with Gasteiger partial charge in [0.25, 0.3) is 0 Å². The summed E-state index contributed by atoms with van der Waals surface area (Å²) in [4.78, 5) is 18.5. The zero-order valence-electron chi connectivity index (χ0n) is 11.9. The van der Waals surface area contributed by atoms with Crippen molar-refractivity contribution in [2.45, 2.75) is 31.5 Å². The van der Waals surface area contributed by atoms with Gasteiger partial charge >= 0.3 is 0 Å². The molecule has 0 bridgehead atoms. The van der Waals surface area contributed by atoms with Crippen molar-refractivity contribution in [2.24, 2.45) is 0 Å². The molecule has 0 aliphatic carbocycles. The molecule has 0 radical (unpaired) electrons. The Bertz CT molecular complexity index is 439. The van der Waals surface area contributed by atoms with Crippen LogP contribution in [-0.2, 0) is 4.79 Å². The molecule has 0 saturated carbocycles. The topological polar surface area (TPSA) is 70.2 Å². The van der Waals surface area contributed by atoms with Gasteiger partial charge in [-0.2, -0.15) is 9.36 Å². The number of hydrogen-bond acceptors (Lipinski definition) is 7. The van der Waals surface area contributed by atoms with Gasteiger partial charge in [0, 0.05) is 43.0 Å². The third-order valence-corrected chi connectivity index (χ3v) is 4.87. The molecule has 112 valence electrons. The zero-order valence-corrected chi connectivity index (χ0v) is 13.5. The second-order valence-corrected chi connectivity index (χ2v) is 6.62. The van der Waals surface area contributed by atoms with Gasteiger partial charge in [0.15, 0.2) is 0 Å². The predicted molar refractivity (Wildman–Crippen MR) is 83.5 cm³/mol. The summed E-state index contributed by atoms with van der Waals surface area (Å²) in [7, 11) is 0. The minimum atomic E-state index is -0.0121. The summed E-state index contributed by atoms with van der Waals surface area (Å²) < 4.78 is 4.22. The minimum Gasteiger partial charge on any atom is -0.314 e. The van der Waals surface area contributed by atoms with Crippen molar-refractivity contribution in [1.82, 2.24) is 19.6 Å². The number of thioether (sulfide) groups is 1. The normalized spacial score (nSPS) is 20.0. The van der Waals surface area contributed by atoms with E-state index in [0.29, 0.717) is 17.7 Å². The molecule has 20 heavy (non-hydrogen) atoms. The van der Waals surface area contributed by atoms with Gasteiger partial charge in [-0.1, -0.05) is 18.7 Å². The third-order valence-electron chi connectivity index (χ3n) is 3.07. The quantitative estimate of drug-likeness (QED) is 0.771. The van der Waals surface area contributed by atoms with Gasteiger partial charge in [-0.25, -0.2) is 0 Å². The molecular formula is C12H21N5OS2. The summed E-state index contributed by atoms with van der Waals surface area (Å²) in [6, 6.07) is 0.389. The van der Waals surface area contributed by atoms with Crippen molar-refractivity contribution in [1.29, 1.82) is 0 Å². The molecule has 1 aromatic rings. The summed E-state index contributed by atoms with van der Waals surface area (Å²) in [6.07, 6.45) is 1.09. The van der Waals surface area contributed by atoms with Crippen LogP contribution in [0.3, 0.4) is 0 Å². The van der Waals surface area contributed by atoms with Crippen LogP contribution < -0.4 is 10.6 Å². The average Bonchev–Trinajstić information content (AvgIpc) is 2.86. The first-order valence-electron chi connectivity index (χ1n) is 6.90. The molecule has 0 unspecified atom stereocenters. The molecule has 1 amide bonds. The predicted octanol–water partition coefficient (Wildman–Crippen LogP) is 1.27. The Kier molecular flexibility index (Phi) is 6.21. The second-order valence-electron chi connectivity index (χ2n) is 4.80. The van der Waals surface area contributed by atoms with Crippen LogP contribution in [0.1, 0.15) is 20.3 Å². The zero-order chi connectivity index (χ0) is 14.4. The van der Waals surface area contributed by atoms with E-state index >= 15 is 0 Å². The Hall–Kier alpha value is -0.700. The van der Waals surface area contributed by atoms with Gasteiger partial charge in [0.05, 0.1) is 6.54 Å². The number of carbonyl (C=O) groups excluding carboxylic acids is 1. The van der Waals surface area contributed by atoms with Crippen LogP contribution >= 0.6 is 23.3 Å². The average molecular weight is 315 g/mol. The molecule has 6 nitrogen and oxygen atoms in total. The number of piperazine rings is 1. The van der Waals surface area contributed by atoms with Gasteiger partial charge in [-0.3, -0.25) is 15.0 Å². The van der Waals surface area contributed by atoms with Gasteiger partial charge in [0.1, 0.15) is 0 Å². The number of rotatable bonds is 6. The van der Waals surface area contributed by atoms with E-state index in [9.17, 15) is 4.79 Å². The van der Waals surface area contributed by atoms with Gasteiger partial charge in [0.2, 0.25) is 16.2 Å². The fourth-order valence-electron chi connectivity index (χ4n) is 1.97. The van der Waals surface area contributed by atoms with E-state index < -0.39 is 0 Å². The Balaban J connectivity index is 1.80. The van der Waals surface area contributed by atoms with E-state index in [2.05, 4.69) is 38.7 Å². The van der Waals surface area contributed by atoms with Crippen LogP contribution in [0.4, 0.5) is 5.13 Å². The summed E-state index contributed by atoms with van der Waals surface area (Å²) in [5.74, 6) is 0.990. The van der Waals surface area contributed by atoms with Crippen molar-refractivity contribution in [3.05, 3.63) is 0 Å². The SMILES string of the molecule is CCCSc1nsc(NC(=O)CN2CCNC[C@@H]2C)n1. The van der Waals surface area contributed by atoms with Crippen LogP contribution in [0.15, 0.2) is 5.16 Å². The number of anilines is 1. The van der Waals surface area contributed by atoms with E-state index in [1.807, 2.05) is 0 Å². The minimum absolute atomic E-state index is 0.0121. The Morgan fingerprint density at radius 2 is 2.50 bits per heavy atom. The van der Waals surface area contributed by atoms with E-state index in [0.717, 1.165) is 37.0 Å². The summed E-state index contributed by atoms with van der Waals surface area (Å²) in [5, 5.41) is 7.50. The molecule has 1 aliphatic heterocycles. The first kappa shape index (κ1) is 15.7. The Labute approximate surface area is 127 Å². The first-order valence-corrected chi connectivity index (χ1v) is 8.66. The molecule has 1 atom stereocenters. The highest BCUT2D eigenvalue weighted by molar-refractivity contribution is 7.99. The molecule has 8 heteroatoms. The highest BCUT2D eigenvalue weighted by Gasteiger charge is 2.20. The third kappa shape index (κ3) is 4.69. The van der Waals surface area contributed by atoms with Crippen LogP contribution in [-0.4, -0.2) is 58.1 Å². The standard InChI is InChI=1S/C12H21N5OS2/c1-3-6-19-12-15-11(20-16-12)14-10(18)8-17-5-4-13-7-9(17)2/h9,13H,3-8H2,1-2H3,(H,14,15,16,18)/t9-/m0/s1. The van der Waals surface area contributed by atoms with Gasteiger partial charge < -0.3 is 5.32 Å². The van der Waals surface area contributed by atoms with E-state index in [-0.39, 0.29) is 5.91 Å². The van der Waals surface area contributed by atoms with Gasteiger partial charge in [-0.15, -0.1) is 0 Å². The van der Waals surface area contributed by atoms with Crippen LogP contribution in [0, 0.1) is 0 Å². The molecule has 2 N–H and O–H groups in total. The van der Waals surface area contributed by atoms with Crippen molar-refractivity contribution in [2.75, 3.05) is 37.2 Å². The lowest BCUT2D eigenvalue weighted by atomic mass is 10.2. The van der Waals surface area contributed by atoms with Gasteiger partial charge in [-0.05, 0) is 13.3 Å². The number of nitrogens with one attached hydrogen (secondary N) is 2. The molecule has 1 fully saturated rings. The molecule has 2 rings (SSSR count).